The zero-order valence-electron chi connectivity index (χ0n) is 17.6. The third kappa shape index (κ3) is 3.67. The summed E-state index contributed by atoms with van der Waals surface area (Å²) in [6.45, 7) is 7.71. The number of carbonyl (C=O) groups is 1. The second kappa shape index (κ2) is 7.91. The van der Waals surface area contributed by atoms with Crippen molar-refractivity contribution >= 4 is 6.09 Å². The molecule has 0 aromatic rings. The normalized spacial score (nSPS) is 36.4. The van der Waals surface area contributed by atoms with Crippen molar-refractivity contribution < 1.29 is 9.53 Å². The Morgan fingerprint density at radius 1 is 1.07 bits per heavy atom. The maximum Gasteiger partial charge on any atom is 0.409 e. The molecule has 5 aliphatic rings. The van der Waals surface area contributed by atoms with Gasteiger partial charge < -0.3 is 14.5 Å². The zero-order valence-corrected chi connectivity index (χ0v) is 17.6. The maximum absolute atomic E-state index is 12.0. The molecular formula is C20H35N7O2. The molecule has 5 rings (SSSR count). The first kappa shape index (κ1) is 19.4. The number of hydrogen-bond donors (Lipinski definition) is 2. The van der Waals surface area contributed by atoms with Gasteiger partial charge >= 0.3 is 6.09 Å². The molecule has 29 heavy (non-hydrogen) atoms. The molecule has 1 aliphatic carbocycles. The molecule has 4 fully saturated rings. The largest absolute Gasteiger partial charge is 0.450 e. The maximum atomic E-state index is 12.0. The summed E-state index contributed by atoms with van der Waals surface area (Å²) in [5, 5.41) is 7.80. The molecule has 1 atom stereocenters. The highest BCUT2D eigenvalue weighted by Crippen LogP contribution is 2.50. The van der Waals surface area contributed by atoms with E-state index in [0.717, 1.165) is 19.5 Å². The predicted molar refractivity (Wildman–Crippen MR) is 108 cm³/mol. The Morgan fingerprint density at radius 3 is 2.55 bits per heavy atom. The van der Waals surface area contributed by atoms with Gasteiger partial charge in [-0.3, -0.25) is 15.8 Å². The van der Waals surface area contributed by atoms with Crippen LogP contribution in [0.3, 0.4) is 0 Å². The van der Waals surface area contributed by atoms with Crippen molar-refractivity contribution in [3.8, 4) is 0 Å². The number of hydrogen-bond acceptors (Lipinski definition) is 8. The Morgan fingerprint density at radius 2 is 1.83 bits per heavy atom. The van der Waals surface area contributed by atoms with E-state index in [1.165, 1.54) is 58.2 Å². The van der Waals surface area contributed by atoms with Gasteiger partial charge in [0, 0.05) is 25.2 Å². The van der Waals surface area contributed by atoms with E-state index < -0.39 is 0 Å². The Bertz CT molecular complexity index is 622. The van der Waals surface area contributed by atoms with Crippen molar-refractivity contribution in [1.29, 1.82) is 0 Å². The van der Waals surface area contributed by atoms with Gasteiger partial charge in [0.25, 0.3) is 0 Å². The van der Waals surface area contributed by atoms with Crippen LogP contribution < -0.4 is 10.9 Å². The highest BCUT2D eigenvalue weighted by atomic mass is 16.6. The first-order valence-electron chi connectivity index (χ1n) is 11.5. The topological polar surface area (TPSA) is 84.8 Å². The van der Waals surface area contributed by atoms with Crippen LogP contribution in [0.5, 0.6) is 0 Å². The Hall–Kier alpha value is -1.61. The van der Waals surface area contributed by atoms with Crippen molar-refractivity contribution in [2.45, 2.75) is 76.2 Å². The summed E-state index contributed by atoms with van der Waals surface area (Å²) < 4.78 is 5.19. The third-order valence-electron chi connectivity index (χ3n) is 7.96. The molecule has 162 valence electrons. The van der Waals surface area contributed by atoms with E-state index in [1.54, 1.807) is 0 Å². The van der Waals surface area contributed by atoms with E-state index in [-0.39, 0.29) is 12.3 Å². The van der Waals surface area contributed by atoms with Crippen molar-refractivity contribution in [2.24, 2.45) is 15.9 Å². The number of carbonyl (C=O) groups excluding carboxylic acids is 1. The number of amides is 1. The lowest BCUT2D eigenvalue weighted by atomic mass is 9.64. The van der Waals surface area contributed by atoms with Crippen LogP contribution in [0, 0.1) is 5.41 Å². The molecule has 2 N–H and O–H groups in total. The lowest BCUT2D eigenvalue weighted by Gasteiger charge is -2.52. The van der Waals surface area contributed by atoms with Crippen molar-refractivity contribution in [1.82, 2.24) is 25.6 Å². The van der Waals surface area contributed by atoms with Crippen molar-refractivity contribution in [2.75, 3.05) is 39.3 Å². The van der Waals surface area contributed by atoms with E-state index in [0.29, 0.717) is 30.1 Å². The zero-order chi connectivity index (χ0) is 19.8. The van der Waals surface area contributed by atoms with Crippen LogP contribution in [0.4, 0.5) is 4.79 Å². The van der Waals surface area contributed by atoms with Gasteiger partial charge in [0.1, 0.15) is 6.17 Å². The minimum Gasteiger partial charge on any atom is -0.450 e. The molecule has 4 heterocycles. The second-order valence-corrected chi connectivity index (χ2v) is 9.58. The van der Waals surface area contributed by atoms with Crippen LogP contribution in [0.25, 0.3) is 0 Å². The fraction of sp³-hybridized carbons (Fsp3) is 0.950. The standard InChI is InChI=1S/C20H35N7O2/c1-2-29-19(28)26-11-7-20(14-26)12-16(13-20)25-9-5-15(6-10-25)27-8-3-4-17(27)18-21-23-24-22-18/h15-18H,2-14H2,1H3,(H,21,24)(H,22,23). The molecule has 0 aromatic heterocycles. The number of piperidine rings is 1. The number of nitrogens with zero attached hydrogens (tertiary/aromatic N) is 5. The van der Waals surface area contributed by atoms with Crippen LogP contribution in [-0.2, 0) is 4.74 Å². The summed E-state index contributed by atoms with van der Waals surface area (Å²) in [4.78, 5) is 19.3. The van der Waals surface area contributed by atoms with Gasteiger partial charge in [-0.2, -0.15) is 0 Å². The minimum atomic E-state index is -0.124. The van der Waals surface area contributed by atoms with Crippen LogP contribution in [0.2, 0.25) is 0 Å². The summed E-state index contributed by atoms with van der Waals surface area (Å²) in [6.07, 6.45) is 8.70. The van der Waals surface area contributed by atoms with E-state index in [2.05, 4.69) is 31.1 Å². The lowest BCUT2D eigenvalue weighted by molar-refractivity contribution is -0.0188. The van der Waals surface area contributed by atoms with E-state index in [1.807, 2.05) is 11.8 Å². The number of nitrogens with one attached hydrogen (secondary N) is 2. The number of ether oxygens (including phenoxy) is 1. The molecule has 0 aromatic carbocycles. The number of likely N-dealkylation sites (tertiary alicyclic amines) is 3. The fourth-order valence-corrected chi connectivity index (χ4v) is 6.43. The monoisotopic (exact) mass is 405 g/mol. The molecule has 1 saturated carbocycles. The fourth-order valence-electron chi connectivity index (χ4n) is 6.43. The summed E-state index contributed by atoms with van der Waals surface area (Å²) >= 11 is 0. The van der Waals surface area contributed by atoms with E-state index in [4.69, 9.17) is 4.74 Å². The van der Waals surface area contributed by atoms with Crippen molar-refractivity contribution in [3.05, 3.63) is 0 Å². The van der Waals surface area contributed by atoms with Gasteiger partial charge in [-0.1, -0.05) is 10.4 Å². The molecule has 0 bridgehead atoms. The van der Waals surface area contributed by atoms with Crippen molar-refractivity contribution in [3.63, 3.8) is 0 Å². The smallest absolute Gasteiger partial charge is 0.409 e. The summed E-state index contributed by atoms with van der Waals surface area (Å²) in [5.74, 6) is 0. The predicted octanol–water partition coefficient (Wildman–Crippen LogP) is 1.73. The summed E-state index contributed by atoms with van der Waals surface area (Å²) in [6, 6.07) is 1.90. The molecular weight excluding hydrogens is 370 g/mol. The van der Waals surface area contributed by atoms with Crippen LogP contribution in [0.15, 0.2) is 10.4 Å². The van der Waals surface area contributed by atoms with Gasteiger partial charge in [0.2, 0.25) is 0 Å². The van der Waals surface area contributed by atoms with Gasteiger partial charge in [0.05, 0.1) is 12.6 Å². The lowest BCUT2D eigenvalue weighted by Crippen LogP contribution is -2.58. The van der Waals surface area contributed by atoms with Gasteiger partial charge in [-0.05, 0) is 76.9 Å². The average Bonchev–Trinajstić information content (AvgIpc) is 3.47. The summed E-state index contributed by atoms with van der Waals surface area (Å²) in [5.41, 5.74) is 6.60. The van der Waals surface area contributed by atoms with Gasteiger partial charge in [-0.25, -0.2) is 4.79 Å². The highest BCUT2D eigenvalue weighted by Gasteiger charge is 2.51. The van der Waals surface area contributed by atoms with Gasteiger partial charge in [0.15, 0.2) is 0 Å². The van der Waals surface area contributed by atoms with E-state index in [9.17, 15) is 4.79 Å². The SMILES string of the molecule is CCOC(=O)N1CCC2(CC(N3CCC(N4CCCC4C4NN=NN4)CC3)C2)C1. The number of rotatable bonds is 4. The van der Waals surface area contributed by atoms with Crippen LogP contribution in [-0.4, -0.2) is 84.4 Å². The third-order valence-corrected chi connectivity index (χ3v) is 7.96. The first-order valence-corrected chi connectivity index (χ1v) is 11.5. The molecule has 9 heteroatoms. The Labute approximate surface area is 173 Å². The Balaban J connectivity index is 1.08. The molecule has 1 spiro atoms. The first-order chi connectivity index (χ1) is 14.2. The minimum absolute atomic E-state index is 0.124. The quantitative estimate of drug-likeness (QED) is 0.741. The molecule has 1 amide bonds. The molecule has 4 aliphatic heterocycles. The molecule has 3 saturated heterocycles. The van der Waals surface area contributed by atoms with Gasteiger partial charge in [-0.15, -0.1) is 0 Å². The van der Waals surface area contributed by atoms with Crippen LogP contribution in [0.1, 0.15) is 51.9 Å². The Kier molecular flexibility index (Phi) is 5.28. The molecule has 0 radical (unpaired) electrons. The molecule has 1 unspecified atom stereocenters. The summed E-state index contributed by atoms with van der Waals surface area (Å²) in [7, 11) is 0. The molecule has 9 nitrogen and oxygen atoms in total. The van der Waals surface area contributed by atoms with E-state index >= 15 is 0 Å². The second-order valence-electron chi connectivity index (χ2n) is 9.58. The van der Waals surface area contributed by atoms with Crippen LogP contribution >= 0.6 is 0 Å². The average molecular weight is 406 g/mol. The highest BCUT2D eigenvalue weighted by molar-refractivity contribution is 5.68.